The van der Waals surface area contributed by atoms with E-state index in [0.29, 0.717) is 17.1 Å². The fraction of sp³-hybridized carbons (Fsp3) is 0.125. The van der Waals surface area contributed by atoms with Crippen molar-refractivity contribution in [3.63, 3.8) is 0 Å². The van der Waals surface area contributed by atoms with E-state index in [-0.39, 0.29) is 12.2 Å². The molecule has 3 aromatic rings. The maximum absolute atomic E-state index is 13.9. The molecule has 1 heterocycles. The highest BCUT2D eigenvalue weighted by Crippen LogP contribution is 2.33. The Hall–Kier alpha value is -4.20. The van der Waals surface area contributed by atoms with Gasteiger partial charge in [-0.15, -0.1) is 0 Å². The first-order valence-electron chi connectivity index (χ1n) is 9.97. The molecule has 0 spiro atoms. The number of anilines is 3. The Morgan fingerprint density at radius 3 is 2.44 bits per heavy atom. The average Bonchev–Trinajstić information content (AvgIpc) is 2.79. The molecule has 3 amide bonds. The molecule has 1 aliphatic heterocycles. The van der Waals surface area contributed by atoms with E-state index in [1.165, 1.54) is 23.1 Å². The highest BCUT2D eigenvalue weighted by atomic mass is 19.1. The second-order valence-electron chi connectivity index (χ2n) is 7.12. The number of carbonyl (C=O) groups excluding carboxylic acids is 3. The minimum Gasteiger partial charge on any atom is -0.481 e. The fourth-order valence-corrected chi connectivity index (χ4v) is 3.46. The summed E-state index contributed by atoms with van der Waals surface area (Å²) in [6.45, 7) is -0.501. The molecule has 4 rings (SSSR count). The zero-order valence-electron chi connectivity index (χ0n) is 17.0. The van der Waals surface area contributed by atoms with Crippen LogP contribution in [0.25, 0.3) is 0 Å². The Labute approximate surface area is 183 Å². The van der Waals surface area contributed by atoms with Gasteiger partial charge in [0.1, 0.15) is 6.04 Å². The monoisotopic (exact) mass is 433 g/mol. The van der Waals surface area contributed by atoms with Crippen LogP contribution in [0.3, 0.4) is 0 Å². The lowest BCUT2D eigenvalue weighted by Crippen LogP contribution is -2.53. The third-order valence-corrected chi connectivity index (χ3v) is 4.93. The van der Waals surface area contributed by atoms with Crippen LogP contribution in [0.2, 0.25) is 0 Å². The van der Waals surface area contributed by atoms with Gasteiger partial charge in [-0.25, -0.2) is 4.39 Å². The minimum absolute atomic E-state index is 0.0750. The molecule has 1 aliphatic rings. The summed E-state index contributed by atoms with van der Waals surface area (Å²) >= 11 is 0. The maximum atomic E-state index is 13.9. The van der Waals surface area contributed by atoms with Crippen LogP contribution in [-0.2, 0) is 14.4 Å². The molecular formula is C24H20FN3O4. The molecule has 0 saturated carbocycles. The van der Waals surface area contributed by atoms with E-state index in [4.69, 9.17) is 4.74 Å². The highest BCUT2D eigenvalue weighted by molar-refractivity contribution is 6.14. The predicted molar refractivity (Wildman–Crippen MR) is 118 cm³/mol. The minimum atomic E-state index is -1.09. The number of para-hydroxylation sites is 4. The first kappa shape index (κ1) is 21.0. The summed E-state index contributed by atoms with van der Waals surface area (Å²) in [7, 11) is 0. The molecular weight excluding hydrogens is 413 g/mol. The van der Waals surface area contributed by atoms with Gasteiger partial charge in [0.05, 0.1) is 17.8 Å². The molecule has 32 heavy (non-hydrogen) atoms. The Morgan fingerprint density at radius 2 is 1.66 bits per heavy atom. The van der Waals surface area contributed by atoms with E-state index in [2.05, 4.69) is 10.6 Å². The lowest BCUT2D eigenvalue weighted by atomic mass is 10.0. The van der Waals surface area contributed by atoms with Gasteiger partial charge in [0.25, 0.3) is 5.91 Å². The summed E-state index contributed by atoms with van der Waals surface area (Å²) in [5, 5.41) is 5.45. The maximum Gasteiger partial charge on any atom is 0.265 e. The third kappa shape index (κ3) is 4.59. The van der Waals surface area contributed by atoms with Crippen LogP contribution in [0.4, 0.5) is 21.5 Å². The van der Waals surface area contributed by atoms with Gasteiger partial charge in [0, 0.05) is 5.69 Å². The van der Waals surface area contributed by atoms with Crippen molar-refractivity contribution >= 4 is 34.8 Å². The zero-order valence-corrected chi connectivity index (χ0v) is 17.0. The summed E-state index contributed by atoms with van der Waals surface area (Å²) in [6, 6.07) is 20.2. The molecule has 0 saturated heterocycles. The molecule has 0 unspecified atom stereocenters. The number of nitrogens with one attached hydrogen (secondary N) is 2. The summed E-state index contributed by atoms with van der Waals surface area (Å²) in [6.07, 6.45) is -0.263. The summed E-state index contributed by atoms with van der Waals surface area (Å²) in [5.74, 6) is -2.17. The first-order chi connectivity index (χ1) is 15.5. The second-order valence-corrected chi connectivity index (χ2v) is 7.12. The normalized spacial score (nSPS) is 14.8. The van der Waals surface area contributed by atoms with E-state index in [1.807, 2.05) is 6.07 Å². The number of halogens is 1. The molecule has 0 fully saturated rings. The van der Waals surface area contributed by atoms with Crippen molar-refractivity contribution in [2.75, 3.05) is 22.1 Å². The van der Waals surface area contributed by atoms with Gasteiger partial charge >= 0.3 is 0 Å². The zero-order chi connectivity index (χ0) is 22.5. The largest absolute Gasteiger partial charge is 0.481 e. The van der Waals surface area contributed by atoms with E-state index in [1.54, 1.807) is 54.6 Å². The van der Waals surface area contributed by atoms with Crippen molar-refractivity contribution < 1.29 is 23.5 Å². The van der Waals surface area contributed by atoms with E-state index < -0.39 is 36.2 Å². The topological polar surface area (TPSA) is 87.7 Å². The number of hydrogen-bond acceptors (Lipinski definition) is 4. The third-order valence-electron chi connectivity index (χ3n) is 4.93. The van der Waals surface area contributed by atoms with E-state index >= 15 is 0 Å². The predicted octanol–water partition coefficient (Wildman–Crippen LogP) is 3.59. The van der Waals surface area contributed by atoms with E-state index in [9.17, 15) is 18.8 Å². The van der Waals surface area contributed by atoms with Crippen LogP contribution in [0.15, 0.2) is 78.9 Å². The van der Waals surface area contributed by atoms with Crippen molar-refractivity contribution in [3.8, 4) is 5.75 Å². The standard InChI is InChI=1S/C24H20FN3O4/c25-17-10-4-7-13-21(17)32-15-23(30)28-19-12-6-5-11-18(19)27-24(31)20(28)14-22(29)26-16-8-2-1-3-9-16/h1-13,20H,14-15H2,(H,26,29)(H,27,31)/t20-/m0/s1. The molecule has 2 N–H and O–H groups in total. The van der Waals surface area contributed by atoms with Gasteiger partial charge < -0.3 is 15.4 Å². The summed E-state index contributed by atoms with van der Waals surface area (Å²) in [5.41, 5.74) is 1.46. The highest BCUT2D eigenvalue weighted by Gasteiger charge is 2.38. The van der Waals surface area contributed by atoms with Gasteiger partial charge in [-0.3, -0.25) is 19.3 Å². The number of nitrogens with zero attached hydrogens (tertiary/aromatic N) is 1. The van der Waals surface area contributed by atoms with Crippen LogP contribution < -0.4 is 20.3 Å². The Kier molecular flexibility index (Phi) is 6.12. The summed E-state index contributed by atoms with van der Waals surface area (Å²) < 4.78 is 19.2. The number of benzene rings is 3. The van der Waals surface area contributed by atoms with Gasteiger partial charge in [-0.1, -0.05) is 42.5 Å². The average molecular weight is 433 g/mol. The Morgan fingerprint density at radius 1 is 0.969 bits per heavy atom. The Bertz CT molecular complexity index is 1150. The fourth-order valence-electron chi connectivity index (χ4n) is 3.46. The quantitative estimate of drug-likeness (QED) is 0.622. The van der Waals surface area contributed by atoms with Crippen molar-refractivity contribution in [2.24, 2.45) is 0 Å². The number of ether oxygens (including phenoxy) is 1. The van der Waals surface area contributed by atoms with E-state index in [0.717, 1.165) is 0 Å². The molecule has 162 valence electrons. The van der Waals surface area contributed by atoms with Crippen LogP contribution in [-0.4, -0.2) is 30.4 Å². The first-order valence-corrected chi connectivity index (χ1v) is 9.97. The summed E-state index contributed by atoms with van der Waals surface area (Å²) in [4.78, 5) is 39.8. The molecule has 7 nitrogen and oxygen atoms in total. The van der Waals surface area contributed by atoms with Gasteiger partial charge in [0.15, 0.2) is 18.2 Å². The molecule has 0 radical (unpaired) electrons. The number of fused-ring (bicyclic) bond motifs is 1. The molecule has 8 heteroatoms. The Balaban J connectivity index is 1.56. The smallest absolute Gasteiger partial charge is 0.265 e. The molecule has 0 aliphatic carbocycles. The van der Waals surface area contributed by atoms with Crippen LogP contribution in [0.1, 0.15) is 6.42 Å². The molecule has 3 aromatic carbocycles. The van der Waals surface area contributed by atoms with Gasteiger partial charge in [0.2, 0.25) is 11.8 Å². The van der Waals surface area contributed by atoms with Gasteiger partial charge in [-0.2, -0.15) is 0 Å². The number of rotatable bonds is 6. The molecule has 1 atom stereocenters. The van der Waals surface area contributed by atoms with Crippen molar-refractivity contribution in [3.05, 3.63) is 84.7 Å². The number of hydrogen-bond donors (Lipinski definition) is 2. The molecule has 0 aromatic heterocycles. The SMILES string of the molecule is O=C(C[C@H]1C(=O)Nc2ccccc2N1C(=O)COc1ccccc1F)Nc1ccccc1. The van der Waals surface area contributed by atoms with Crippen molar-refractivity contribution in [1.29, 1.82) is 0 Å². The number of carbonyl (C=O) groups is 3. The van der Waals surface area contributed by atoms with Crippen molar-refractivity contribution in [2.45, 2.75) is 12.5 Å². The van der Waals surface area contributed by atoms with Gasteiger partial charge in [-0.05, 0) is 36.4 Å². The van der Waals surface area contributed by atoms with Crippen LogP contribution >= 0.6 is 0 Å². The number of amides is 3. The lowest BCUT2D eigenvalue weighted by Gasteiger charge is -2.36. The lowest BCUT2D eigenvalue weighted by molar-refractivity contribution is -0.127. The van der Waals surface area contributed by atoms with Crippen molar-refractivity contribution in [1.82, 2.24) is 0 Å². The van der Waals surface area contributed by atoms with Crippen LogP contribution in [0.5, 0.6) is 5.75 Å². The second kappa shape index (κ2) is 9.30. The molecule has 0 bridgehead atoms. The van der Waals surface area contributed by atoms with Crippen LogP contribution in [0, 0.1) is 5.82 Å².